The van der Waals surface area contributed by atoms with E-state index in [0.717, 1.165) is 6.07 Å². The van der Waals surface area contributed by atoms with Gasteiger partial charge < -0.3 is 15.4 Å². The lowest BCUT2D eigenvalue weighted by Crippen LogP contribution is -2.30. The molecule has 0 heterocycles. The van der Waals surface area contributed by atoms with Crippen molar-refractivity contribution in [3.05, 3.63) is 88.9 Å². The van der Waals surface area contributed by atoms with Gasteiger partial charge >= 0.3 is 6.18 Å². The molecule has 166 valence electrons. The first-order chi connectivity index (χ1) is 15.1. The van der Waals surface area contributed by atoms with Gasteiger partial charge in [-0.2, -0.15) is 13.2 Å². The summed E-state index contributed by atoms with van der Waals surface area (Å²) in [7, 11) is 0. The highest BCUT2D eigenvalue weighted by Crippen LogP contribution is 2.34. The molecule has 0 fully saturated rings. The number of para-hydroxylation sites is 1. The Morgan fingerprint density at radius 3 is 2.16 bits per heavy atom. The molecule has 0 aliphatic rings. The molecule has 0 aliphatic heterocycles. The molecule has 0 unspecified atom stereocenters. The summed E-state index contributed by atoms with van der Waals surface area (Å²) in [4.78, 5) is 24.6. The smallest absolute Gasteiger partial charge is 0.418 e. The Morgan fingerprint density at radius 1 is 0.906 bits per heavy atom. The van der Waals surface area contributed by atoms with Crippen LogP contribution >= 0.6 is 11.6 Å². The zero-order valence-corrected chi connectivity index (χ0v) is 17.5. The number of anilines is 2. The fourth-order valence-electron chi connectivity index (χ4n) is 2.75. The van der Waals surface area contributed by atoms with Crippen molar-refractivity contribution in [3.63, 3.8) is 0 Å². The van der Waals surface area contributed by atoms with Crippen molar-refractivity contribution in [2.24, 2.45) is 0 Å². The highest BCUT2D eigenvalue weighted by atomic mass is 35.5. The van der Waals surface area contributed by atoms with Crippen LogP contribution < -0.4 is 15.4 Å². The van der Waals surface area contributed by atoms with Crippen molar-refractivity contribution in [1.82, 2.24) is 0 Å². The van der Waals surface area contributed by atoms with Crippen molar-refractivity contribution in [2.75, 3.05) is 10.6 Å². The summed E-state index contributed by atoms with van der Waals surface area (Å²) < 4.78 is 44.8. The molecule has 32 heavy (non-hydrogen) atoms. The van der Waals surface area contributed by atoms with Crippen LogP contribution in [-0.4, -0.2) is 17.9 Å². The van der Waals surface area contributed by atoms with Gasteiger partial charge in [-0.05, 0) is 67.6 Å². The lowest BCUT2D eigenvalue weighted by Gasteiger charge is -2.15. The minimum absolute atomic E-state index is 0.132. The Morgan fingerprint density at radius 2 is 1.53 bits per heavy atom. The molecule has 1 atom stereocenters. The second-order valence-corrected chi connectivity index (χ2v) is 7.21. The fraction of sp³-hybridized carbons (Fsp3) is 0.130. The molecule has 0 aliphatic carbocycles. The lowest BCUT2D eigenvalue weighted by molar-refractivity contribution is -0.136. The monoisotopic (exact) mass is 462 g/mol. The third-order valence-corrected chi connectivity index (χ3v) is 4.64. The van der Waals surface area contributed by atoms with E-state index < -0.39 is 29.7 Å². The normalized spacial score (nSPS) is 12.0. The van der Waals surface area contributed by atoms with Crippen LogP contribution in [0.1, 0.15) is 22.8 Å². The van der Waals surface area contributed by atoms with Crippen molar-refractivity contribution in [2.45, 2.75) is 19.2 Å². The van der Waals surface area contributed by atoms with Crippen molar-refractivity contribution in [1.29, 1.82) is 0 Å². The van der Waals surface area contributed by atoms with Gasteiger partial charge in [0.2, 0.25) is 0 Å². The molecule has 0 spiro atoms. The third-order valence-electron chi connectivity index (χ3n) is 4.39. The number of hydrogen-bond acceptors (Lipinski definition) is 3. The summed E-state index contributed by atoms with van der Waals surface area (Å²) in [5, 5.41) is 5.49. The molecular weight excluding hydrogens is 445 g/mol. The van der Waals surface area contributed by atoms with Crippen molar-refractivity contribution in [3.8, 4) is 5.75 Å². The fourth-order valence-corrected chi connectivity index (χ4v) is 2.88. The number of carbonyl (C=O) groups excluding carboxylic acids is 2. The quantitative estimate of drug-likeness (QED) is 0.471. The number of ether oxygens (including phenoxy) is 1. The standard InChI is InChI=1S/C23H18ClF3N2O3/c1-14(21(30)28-17-10-8-16(24)9-11-17)32-18-12-6-15(7-13-18)22(31)29-20-5-3-2-4-19(20)23(25,26)27/h2-14H,1H3,(H,28,30)(H,29,31)/t14-/m0/s1. The molecule has 0 saturated heterocycles. The third kappa shape index (κ3) is 6.01. The van der Waals surface area contributed by atoms with Crippen molar-refractivity contribution >= 4 is 34.8 Å². The minimum Gasteiger partial charge on any atom is -0.481 e. The molecule has 5 nitrogen and oxygen atoms in total. The van der Waals surface area contributed by atoms with Gasteiger partial charge in [0.05, 0.1) is 11.3 Å². The Hall–Kier alpha value is -3.52. The number of halogens is 4. The first kappa shape index (κ1) is 23.1. The largest absolute Gasteiger partial charge is 0.481 e. The van der Waals surface area contributed by atoms with Gasteiger partial charge in [0.1, 0.15) is 5.75 Å². The summed E-state index contributed by atoms with van der Waals surface area (Å²) in [6.45, 7) is 1.56. The lowest BCUT2D eigenvalue weighted by atomic mass is 10.1. The van der Waals surface area contributed by atoms with Crippen LogP contribution in [0.25, 0.3) is 0 Å². The molecular formula is C23H18ClF3N2O3. The number of carbonyl (C=O) groups is 2. The Labute approximate surface area is 187 Å². The average Bonchev–Trinajstić information content (AvgIpc) is 2.75. The van der Waals surface area contributed by atoms with E-state index in [1.165, 1.54) is 42.5 Å². The van der Waals surface area contributed by atoms with Crippen LogP contribution in [0.2, 0.25) is 5.02 Å². The summed E-state index contributed by atoms with van der Waals surface area (Å²) in [6, 6.07) is 17.0. The molecule has 3 rings (SSSR count). The Bertz CT molecular complexity index is 1100. The van der Waals surface area contributed by atoms with Gasteiger partial charge in [-0.25, -0.2) is 0 Å². The van der Waals surface area contributed by atoms with Crippen LogP contribution in [0.5, 0.6) is 5.75 Å². The highest BCUT2D eigenvalue weighted by Gasteiger charge is 2.33. The van der Waals surface area contributed by atoms with E-state index in [4.69, 9.17) is 16.3 Å². The zero-order chi connectivity index (χ0) is 23.3. The highest BCUT2D eigenvalue weighted by molar-refractivity contribution is 6.30. The summed E-state index contributed by atoms with van der Waals surface area (Å²) in [5.74, 6) is -0.782. The number of rotatable bonds is 6. The molecule has 0 aromatic heterocycles. The van der Waals surface area contributed by atoms with Crippen LogP contribution in [0.15, 0.2) is 72.8 Å². The van der Waals surface area contributed by atoms with Gasteiger partial charge in [0, 0.05) is 16.3 Å². The average molecular weight is 463 g/mol. The van der Waals surface area contributed by atoms with Gasteiger partial charge in [0.25, 0.3) is 11.8 Å². The van der Waals surface area contributed by atoms with Crippen LogP contribution in [-0.2, 0) is 11.0 Å². The predicted octanol–water partition coefficient (Wildman–Crippen LogP) is 6.02. The molecule has 9 heteroatoms. The maximum Gasteiger partial charge on any atom is 0.418 e. The number of hydrogen-bond donors (Lipinski definition) is 2. The molecule has 0 bridgehead atoms. The van der Waals surface area contributed by atoms with Crippen LogP contribution in [0.4, 0.5) is 24.5 Å². The molecule has 2 N–H and O–H groups in total. The van der Waals surface area contributed by atoms with E-state index in [9.17, 15) is 22.8 Å². The number of alkyl halides is 3. The first-order valence-electron chi connectivity index (χ1n) is 9.44. The van der Waals surface area contributed by atoms with Crippen LogP contribution in [0.3, 0.4) is 0 Å². The number of amides is 2. The van der Waals surface area contributed by atoms with Gasteiger partial charge in [-0.3, -0.25) is 9.59 Å². The summed E-state index contributed by atoms with van der Waals surface area (Å²) >= 11 is 5.81. The van der Waals surface area contributed by atoms with E-state index >= 15 is 0 Å². The topological polar surface area (TPSA) is 67.4 Å². The van der Waals surface area contributed by atoms with E-state index in [0.29, 0.717) is 16.5 Å². The SMILES string of the molecule is C[C@H](Oc1ccc(C(=O)Nc2ccccc2C(F)(F)F)cc1)C(=O)Nc1ccc(Cl)cc1. The van der Waals surface area contributed by atoms with E-state index in [2.05, 4.69) is 10.6 Å². The maximum absolute atomic E-state index is 13.1. The summed E-state index contributed by atoms with van der Waals surface area (Å²) in [5.41, 5.74) is -0.583. The van der Waals surface area contributed by atoms with E-state index in [-0.39, 0.29) is 11.3 Å². The molecule has 3 aromatic rings. The van der Waals surface area contributed by atoms with Crippen molar-refractivity contribution < 1.29 is 27.5 Å². The van der Waals surface area contributed by atoms with Crippen LogP contribution in [0, 0.1) is 0 Å². The Kier molecular flexibility index (Phi) is 7.05. The van der Waals surface area contributed by atoms with E-state index in [1.54, 1.807) is 31.2 Å². The first-order valence-corrected chi connectivity index (χ1v) is 9.82. The molecule has 2 amide bonds. The molecule has 0 radical (unpaired) electrons. The van der Waals surface area contributed by atoms with E-state index in [1.807, 2.05) is 0 Å². The second-order valence-electron chi connectivity index (χ2n) is 6.78. The van der Waals surface area contributed by atoms with Gasteiger partial charge in [0.15, 0.2) is 6.10 Å². The number of benzene rings is 3. The van der Waals surface area contributed by atoms with Gasteiger partial charge in [-0.15, -0.1) is 0 Å². The van der Waals surface area contributed by atoms with Gasteiger partial charge in [-0.1, -0.05) is 23.7 Å². The predicted molar refractivity (Wildman–Crippen MR) is 116 cm³/mol. The number of nitrogens with one attached hydrogen (secondary N) is 2. The molecule has 3 aromatic carbocycles. The summed E-state index contributed by atoms with van der Waals surface area (Å²) in [6.07, 6.45) is -5.44. The second kappa shape index (κ2) is 9.74. The maximum atomic E-state index is 13.1. The Balaban J connectivity index is 1.62. The minimum atomic E-state index is -4.59. The molecule has 0 saturated carbocycles. The zero-order valence-electron chi connectivity index (χ0n) is 16.7.